The zero-order valence-electron chi connectivity index (χ0n) is 12.9. The van der Waals surface area contributed by atoms with Gasteiger partial charge in [0.1, 0.15) is 5.69 Å². The predicted molar refractivity (Wildman–Crippen MR) is 86.9 cm³/mol. The molecule has 2 bridgehead atoms. The molecule has 4 heteroatoms. The summed E-state index contributed by atoms with van der Waals surface area (Å²) in [5.74, 6) is 0.712. The van der Waals surface area contributed by atoms with E-state index < -0.39 is 0 Å². The van der Waals surface area contributed by atoms with E-state index in [0.29, 0.717) is 5.69 Å². The first-order valence-electron chi connectivity index (χ1n) is 8.07. The Morgan fingerprint density at radius 3 is 3.14 bits per heavy atom. The zero-order valence-corrected chi connectivity index (χ0v) is 12.9. The number of nitrogens with one attached hydrogen (secondary N) is 1. The number of amides is 1. The average Bonchev–Trinajstić information content (AvgIpc) is 2.86. The highest BCUT2D eigenvalue weighted by Crippen LogP contribution is 2.27. The summed E-state index contributed by atoms with van der Waals surface area (Å²) in [6.45, 7) is 5.44. The molecule has 2 saturated heterocycles. The van der Waals surface area contributed by atoms with Gasteiger partial charge in [-0.05, 0) is 49.2 Å². The lowest BCUT2D eigenvalue weighted by atomic mass is 9.97. The third-order valence-electron chi connectivity index (χ3n) is 5.02. The maximum atomic E-state index is 12.5. The Hall–Kier alpha value is -1.94. The highest BCUT2D eigenvalue weighted by atomic mass is 16.1. The fraction of sp³-hybridized carbons (Fsp3) is 0.444. The molecule has 2 aliphatic heterocycles. The van der Waals surface area contributed by atoms with Crippen LogP contribution in [0.2, 0.25) is 0 Å². The minimum atomic E-state index is -0.0438. The van der Waals surface area contributed by atoms with Gasteiger partial charge in [0.05, 0.1) is 0 Å². The van der Waals surface area contributed by atoms with Crippen LogP contribution in [0.25, 0.3) is 10.8 Å². The molecule has 4 nitrogen and oxygen atoms in total. The number of carbonyl (C=O) groups is 1. The van der Waals surface area contributed by atoms with E-state index in [4.69, 9.17) is 0 Å². The summed E-state index contributed by atoms with van der Waals surface area (Å²) in [6.07, 6.45) is 4.18. The van der Waals surface area contributed by atoms with Crippen molar-refractivity contribution in [1.29, 1.82) is 0 Å². The Bertz CT molecular complexity index is 715. The molecule has 4 rings (SSSR count). The Morgan fingerprint density at radius 2 is 2.27 bits per heavy atom. The first-order valence-corrected chi connectivity index (χ1v) is 8.07. The molecular formula is C18H21N3O. The van der Waals surface area contributed by atoms with Crippen molar-refractivity contribution in [2.24, 2.45) is 5.92 Å². The van der Waals surface area contributed by atoms with Gasteiger partial charge in [0.2, 0.25) is 0 Å². The van der Waals surface area contributed by atoms with Crippen LogP contribution in [0.3, 0.4) is 0 Å². The smallest absolute Gasteiger partial charge is 0.270 e. The number of fused-ring (bicyclic) bond motifs is 3. The maximum absolute atomic E-state index is 12.5. The van der Waals surface area contributed by atoms with Gasteiger partial charge in [-0.2, -0.15) is 0 Å². The Labute approximate surface area is 130 Å². The summed E-state index contributed by atoms with van der Waals surface area (Å²) in [4.78, 5) is 19.3. The summed E-state index contributed by atoms with van der Waals surface area (Å²) in [6, 6.07) is 8.30. The number of aryl methyl sites for hydroxylation is 1. The van der Waals surface area contributed by atoms with E-state index in [9.17, 15) is 4.79 Å². The van der Waals surface area contributed by atoms with Crippen molar-refractivity contribution < 1.29 is 4.79 Å². The van der Waals surface area contributed by atoms with Crippen LogP contribution in [0, 0.1) is 12.8 Å². The summed E-state index contributed by atoms with van der Waals surface area (Å²) >= 11 is 0. The molecule has 2 fully saturated rings. The van der Waals surface area contributed by atoms with Gasteiger partial charge in [-0.1, -0.05) is 18.2 Å². The number of aromatic nitrogens is 1. The van der Waals surface area contributed by atoms with Crippen molar-refractivity contribution in [2.75, 3.05) is 19.6 Å². The van der Waals surface area contributed by atoms with Crippen LogP contribution in [0.4, 0.5) is 0 Å². The van der Waals surface area contributed by atoms with Crippen molar-refractivity contribution in [2.45, 2.75) is 25.8 Å². The molecule has 1 unspecified atom stereocenters. The first-order chi connectivity index (χ1) is 10.7. The van der Waals surface area contributed by atoms with Crippen LogP contribution in [0.15, 0.2) is 30.5 Å². The van der Waals surface area contributed by atoms with Crippen LogP contribution >= 0.6 is 0 Å². The summed E-state index contributed by atoms with van der Waals surface area (Å²) in [7, 11) is 0. The van der Waals surface area contributed by atoms with Gasteiger partial charge in [0.25, 0.3) is 5.91 Å². The molecule has 3 heterocycles. The number of pyridine rings is 1. The SMILES string of the molecule is Cc1cccc2cnc(C(=O)N[C@@H]3C[C@@H]4CCN(C4)C3)cc12. The molecule has 3 atom stereocenters. The summed E-state index contributed by atoms with van der Waals surface area (Å²) in [5.41, 5.74) is 1.70. The molecule has 1 N–H and O–H groups in total. The van der Waals surface area contributed by atoms with Crippen LogP contribution in [-0.4, -0.2) is 41.5 Å². The molecule has 0 radical (unpaired) electrons. The van der Waals surface area contributed by atoms with Gasteiger partial charge >= 0.3 is 0 Å². The van der Waals surface area contributed by atoms with Gasteiger partial charge in [-0.15, -0.1) is 0 Å². The highest BCUT2D eigenvalue weighted by molar-refractivity contribution is 5.97. The summed E-state index contributed by atoms with van der Waals surface area (Å²) in [5, 5.41) is 5.37. The van der Waals surface area contributed by atoms with E-state index in [-0.39, 0.29) is 11.9 Å². The van der Waals surface area contributed by atoms with Gasteiger partial charge < -0.3 is 10.2 Å². The molecule has 2 aromatic rings. The lowest BCUT2D eigenvalue weighted by Crippen LogP contribution is -2.47. The quantitative estimate of drug-likeness (QED) is 0.925. The Kier molecular flexibility index (Phi) is 3.34. The van der Waals surface area contributed by atoms with Crippen LogP contribution in [0.1, 0.15) is 28.9 Å². The number of hydrogen-bond donors (Lipinski definition) is 1. The van der Waals surface area contributed by atoms with Gasteiger partial charge in [0, 0.05) is 30.7 Å². The molecular weight excluding hydrogens is 274 g/mol. The van der Waals surface area contributed by atoms with E-state index in [2.05, 4.69) is 28.2 Å². The normalized spacial score (nSPS) is 27.0. The number of hydrogen-bond acceptors (Lipinski definition) is 3. The zero-order chi connectivity index (χ0) is 15.1. The molecule has 0 saturated carbocycles. The van der Waals surface area contributed by atoms with Crippen molar-refractivity contribution in [1.82, 2.24) is 15.2 Å². The van der Waals surface area contributed by atoms with Crippen molar-refractivity contribution >= 4 is 16.7 Å². The monoisotopic (exact) mass is 295 g/mol. The Balaban J connectivity index is 1.54. The predicted octanol–water partition coefficient (Wildman–Crippen LogP) is 2.37. The van der Waals surface area contributed by atoms with E-state index >= 15 is 0 Å². The third-order valence-corrected chi connectivity index (χ3v) is 5.02. The van der Waals surface area contributed by atoms with E-state index in [1.54, 1.807) is 6.20 Å². The number of piperidine rings is 1. The first kappa shape index (κ1) is 13.7. The van der Waals surface area contributed by atoms with E-state index in [1.807, 2.05) is 18.2 Å². The van der Waals surface area contributed by atoms with E-state index in [0.717, 1.165) is 29.7 Å². The fourth-order valence-corrected chi connectivity index (χ4v) is 3.87. The highest BCUT2D eigenvalue weighted by Gasteiger charge is 2.33. The molecule has 114 valence electrons. The topological polar surface area (TPSA) is 45.2 Å². The second kappa shape index (κ2) is 5.36. The van der Waals surface area contributed by atoms with Gasteiger partial charge in [0.15, 0.2) is 0 Å². The molecule has 22 heavy (non-hydrogen) atoms. The fourth-order valence-electron chi connectivity index (χ4n) is 3.87. The molecule has 0 spiro atoms. The van der Waals surface area contributed by atoms with Crippen molar-refractivity contribution in [3.8, 4) is 0 Å². The number of nitrogens with zero attached hydrogens (tertiary/aromatic N) is 2. The Morgan fingerprint density at radius 1 is 1.36 bits per heavy atom. The second-order valence-corrected chi connectivity index (χ2v) is 6.69. The number of benzene rings is 1. The lowest BCUT2D eigenvalue weighted by Gasteiger charge is -2.30. The van der Waals surface area contributed by atoms with Crippen LogP contribution in [0.5, 0.6) is 0 Å². The lowest BCUT2D eigenvalue weighted by molar-refractivity contribution is 0.0904. The van der Waals surface area contributed by atoms with Crippen molar-refractivity contribution in [3.05, 3.63) is 41.7 Å². The largest absolute Gasteiger partial charge is 0.347 e. The molecule has 1 aromatic carbocycles. The standard InChI is InChI=1S/C18H21N3O/c1-12-3-2-4-14-9-19-17(8-16(12)14)18(22)20-15-7-13-5-6-21(10-13)11-15/h2-4,8-9,13,15H,5-7,10-11H2,1H3,(H,20,22)/t13-,15+/m0/s1. The van der Waals surface area contributed by atoms with Gasteiger partial charge in [-0.25, -0.2) is 0 Å². The number of carbonyl (C=O) groups excluding carboxylic acids is 1. The van der Waals surface area contributed by atoms with Crippen LogP contribution in [-0.2, 0) is 0 Å². The molecule has 0 aliphatic carbocycles. The molecule has 2 aliphatic rings. The van der Waals surface area contributed by atoms with Gasteiger partial charge in [-0.3, -0.25) is 9.78 Å². The summed E-state index contributed by atoms with van der Waals surface area (Å²) < 4.78 is 0. The second-order valence-electron chi connectivity index (χ2n) is 6.69. The van der Waals surface area contributed by atoms with Crippen LogP contribution < -0.4 is 5.32 Å². The third kappa shape index (κ3) is 2.48. The van der Waals surface area contributed by atoms with E-state index in [1.165, 1.54) is 25.1 Å². The average molecular weight is 295 g/mol. The molecule has 1 aromatic heterocycles. The minimum absolute atomic E-state index is 0.0438. The minimum Gasteiger partial charge on any atom is -0.347 e. The molecule has 1 amide bonds. The van der Waals surface area contributed by atoms with Crippen molar-refractivity contribution in [3.63, 3.8) is 0 Å². The number of rotatable bonds is 2. The maximum Gasteiger partial charge on any atom is 0.270 e.